The zero-order valence-corrected chi connectivity index (χ0v) is 15.2. The number of carbonyl (C=O) groups is 1. The fraction of sp³-hybridized carbons (Fsp3) is 0.125. The summed E-state index contributed by atoms with van der Waals surface area (Å²) >= 11 is 9.20. The van der Waals surface area contributed by atoms with Crippen LogP contribution < -0.4 is 14.8 Å². The minimum absolute atomic E-state index is 0.332. The zero-order valence-electron chi connectivity index (χ0n) is 12.8. The molecule has 0 aliphatic carbocycles. The summed E-state index contributed by atoms with van der Waals surface area (Å²) in [6, 6.07) is 5.18. The van der Waals surface area contributed by atoms with Crippen LogP contribution >= 0.6 is 34.3 Å². The molecule has 0 bridgehead atoms. The highest BCUT2D eigenvalue weighted by atomic mass is 35.5. The monoisotopic (exact) mass is 380 g/mol. The van der Waals surface area contributed by atoms with Gasteiger partial charge in [-0.1, -0.05) is 11.6 Å². The smallest absolute Gasteiger partial charge is 0.275 e. The molecule has 0 radical (unpaired) electrons. The standard InChI is InChI=1S/C16H13ClN2O3S2/c1-21-13-5-10(17)11(6-14(13)22-2)18-15(20)12-8-24-16(19-12)9-3-4-23-7-9/h3-8H,1-2H3,(H,18,20). The molecule has 0 fully saturated rings. The Morgan fingerprint density at radius 2 is 1.96 bits per heavy atom. The average Bonchev–Trinajstić information content (AvgIpc) is 3.27. The number of thiophene rings is 1. The number of rotatable bonds is 5. The lowest BCUT2D eigenvalue weighted by molar-refractivity contribution is 0.102. The van der Waals surface area contributed by atoms with Crippen LogP contribution in [0.2, 0.25) is 5.02 Å². The summed E-state index contributed by atoms with van der Waals surface area (Å²) in [7, 11) is 3.04. The molecule has 0 aliphatic rings. The predicted octanol–water partition coefficient (Wildman–Crippen LogP) is 4.79. The van der Waals surface area contributed by atoms with Gasteiger partial charge in [0.05, 0.1) is 24.9 Å². The third-order valence-corrected chi connectivity index (χ3v) is 5.11. The lowest BCUT2D eigenvalue weighted by atomic mass is 10.2. The van der Waals surface area contributed by atoms with Crippen molar-refractivity contribution in [1.82, 2.24) is 4.98 Å². The van der Waals surface area contributed by atoms with E-state index in [1.165, 1.54) is 25.6 Å². The van der Waals surface area contributed by atoms with Gasteiger partial charge in [-0.3, -0.25) is 4.79 Å². The van der Waals surface area contributed by atoms with E-state index in [-0.39, 0.29) is 5.91 Å². The SMILES string of the molecule is COc1cc(Cl)c(NC(=O)c2csc(-c3ccsc3)n2)cc1OC. The molecule has 0 aliphatic heterocycles. The van der Waals surface area contributed by atoms with E-state index in [0.29, 0.717) is 27.9 Å². The van der Waals surface area contributed by atoms with Crippen LogP contribution in [-0.4, -0.2) is 25.1 Å². The molecule has 5 nitrogen and oxygen atoms in total. The second-order valence-corrected chi connectivity index (χ2v) is 6.74. The molecule has 2 aromatic heterocycles. The van der Waals surface area contributed by atoms with E-state index >= 15 is 0 Å². The summed E-state index contributed by atoms with van der Waals surface area (Å²) in [6.07, 6.45) is 0. The van der Waals surface area contributed by atoms with Crippen molar-refractivity contribution >= 4 is 45.9 Å². The molecule has 124 valence electrons. The number of halogens is 1. The van der Waals surface area contributed by atoms with Crippen LogP contribution in [0.25, 0.3) is 10.6 Å². The lowest BCUT2D eigenvalue weighted by Gasteiger charge is -2.12. The molecule has 3 aromatic rings. The van der Waals surface area contributed by atoms with Crippen molar-refractivity contribution < 1.29 is 14.3 Å². The predicted molar refractivity (Wildman–Crippen MR) is 97.9 cm³/mol. The Hall–Kier alpha value is -2.09. The third kappa shape index (κ3) is 3.38. The first-order valence-electron chi connectivity index (χ1n) is 6.83. The van der Waals surface area contributed by atoms with Crippen molar-refractivity contribution in [2.45, 2.75) is 0 Å². The van der Waals surface area contributed by atoms with Gasteiger partial charge in [0.1, 0.15) is 10.7 Å². The van der Waals surface area contributed by atoms with E-state index in [0.717, 1.165) is 10.6 Å². The number of benzene rings is 1. The van der Waals surface area contributed by atoms with Crippen molar-refractivity contribution in [3.63, 3.8) is 0 Å². The number of thiazole rings is 1. The van der Waals surface area contributed by atoms with Crippen molar-refractivity contribution in [1.29, 1.82) is 0 Å². The van der Waals surface area contributed by atoms with Gasteiger partial charge in [0.25, 0.3) is 5.91 Å². The number of carbonyl (C=O) groups excluding carboxylic acids is 1. The Morgan fingerprint density at radius 1 is 1.21 bits per heavy atom. The highest BCUT2D eigenvalue weighted by molar-refractivity contribution is 7.14. The van der Waals surface area contributed by atoms with Crippen LogP contribution in [0, 0.1) is 0 Å². The maximum absolute atomic E-state index is 12.4. The van der Waals surface area contributed by atoms with Gasteiger partial charge in [0.15, 0.2) is 11.5 Å². The van der Waals surface area contributed by atoms with Gasteiger partial charge in [-0.05, 0) is 11.4 Å². The summed E-state index contributed by atoms with van der Waals surface area (Å²) in [5, 5.41) is 9.60. The van der Waals surface area contributed by atoms with E-state index in [1.54, 1.807) is 28.8 Å². The Balaban J connectivity index is 1.82. The van der Waals surface area contributed by atoms with Crippen molar-refractivity contribution in [3.05, 3.63) is 45.1 Å². The highest BCUT2D eigenvalue weighted by Gasteiger charge is 2.16. The van der Waals surface area contributed by atoms with Gasteiger partial charge < -0.3 is 14.8 Å². The minimum Gasteiger partial charge on any atom is -0.493 e. The number of hydrogen-bond donors (Lipinski definition) is 1. The number of nitrogens with zero attached hydrogens (tertiary/aromatic N) is 1. The van der Waals surface area contributed by atoms with E-state index < -0.39 is 0 Å². The van der Waals surface area contributed by atoms with Gasteiger partial charge in [-0.15, -0.1) is 11.3 Å². The van der Waals surface area contributed by atoms with Crippen molar-refractivity contribution in [2.75, 3.05) is 19.5 Å². The Bertz CT molecular complexity index is 862. The van der Waals surface area contributed by atoms with Crippen molar-refractivity contribution in [3.8, 4) is 22.1 Å². The Labute approximate surface area is 151 Å². The maximum Gasteiger partial charge on any atom is 0.275 e. The van der Waals surface area contributed by atoms with Crippen molar-refractivity contribution in [2.24, 2.45) is 0 Å². The molecule has 0 atom stereocenters. The second kappa shape index (κ2) is 7.21. The molecule has 1 amide bonds. The molecule has 3 rings (SSSR count). The number of methoxy groups -OCH3 is 2. The van der Waals surface area contributed by atoms with Crippen LogP contribution in [0.15, 0.2) is 34.3 Å². The largest absolute Gasteiger partial charge is 0.493 e. The van der Waals surface area contributed by atoms with Crippen LogP contribution in [0.1, 0.15) is 10.5 Å². The molecule has 0 spiro atoms. The molecule has 24 heavy (non-hydrogen) atoms. The molecule has 1 aromatic carbocycles. The first-order valence-corrected chi connectivity index (χ1v) is 9.03. The quantitative estimate of drug-likeness (QED) is 0.691. The molecule has 8 heteroatoms. The van der Waals surface area contributed by atoms with Gasteiger partial charge >= 0.3 is 0 Å². The Morgan fingerprint density at radius 3 is 2.62 bits per heavy atom. The number of aromatic nitrogens is 1. The Kier molecular flexibility index (Phi) is 5.03. The topological polar surface area (TPSA) is 60.5 Å². The van der Waals surface area contributed by atoms with E-state index in [1.807, 2.05) is 16.8 Å². The summed E-state index contributed by atoms with van der Waals surface area (Å²) in [5.74, 6) is 0.644. The second-order valence-electron chi connectivity index (χ2n) is 4.69. The van der Waals surface area contributed by atoms with Crippen LogP contribution in [0.3, 0.4) is 0 Å². The third-order valence-electron chi connectivity index (χ3n) is 3.23. The summed E-state index contributed by atoms with van der Waals surface area (Å²) in [6.45, 7) is 0. The summed E-state index contributed by atoms with van der Waals surface area (Å²) in [4.78, 5) is 16.8. The highest BCUT2D eigenvalue weighted by Crippen LogP contribution is 2.36. The van der Waals surface area contributed by atoms with Gasteiger partial charge in [-0.2, -0.15) is 11.3 Å². The average molecular weight is 381 g/mol. The van der Waals surface area contributed by atoms with Crippen LogP contribution in [-0.2, 0) is 0 Å². The number of hydrogen-bond acceptors (Lipinski definition) is 6. The lowest BCUT2D eigenvalue weighted by Crippen LogP contribution is -2.12. The zero-order chi connectivity index (χ0) is 17.1. The van der Waals surface area contributed by atoms with E-state index in [2.05, 4.69) is 10.3 Å². The minimum atomic E-state index is -0.332. The first kappa shape index (κ1) is 16.8. The molecule has 0 unspecified atom stereocenters. The van der Waals surface area contributed by atoms with Crippen LogP contribution in [0.4, 0.5) is 5.69 Å². The molecular weight excluding hydrogens is 368 g/mol. The normalized spacial score (nSPS) is 10.5. The fourth-order valence-corrected chi connectivity index (χ4v) is 3.75. The number of nitrogens with one attached hydrogen (secondary N) is 1. The number of amides is 1. The molecular formula is C16H13ClN2O3S2. The number of anilines is 1. The molecule has 2 heterocycles. The summed E-state index contributed by atoms with van der Waals surface area (Å²) < 4.78 is 10.4. The van der Waals surface area contributed by atoms with Gasteiger partial charge in [0.2, 0.25) is 0 Å². The van der Waals surface area contributed by atoms with Gasteiger partial charge in [-0.25, -0.2) is 4.98 Å². The fourth-order valence-electron chi connectivity index (χ4n) is 2.03. The molecule has 1 N–H and O–H groups in total. The van der Waals surface area contributed by atoms with E-state index in [4.69, 9.17) is 21.1 Å². The molecule has 0 saturated heterocycles. The number of ether oxygens (including phenoxy) is 2. The van der Waals surface area contributed by atoms with Gasteiger partial charge in [0, 0.05) is 28.5 Å². The maximum atomic E-state index is 12.4. The molecule has 0 saturated carbocycles. The summed E-state index contributed by atoms with van der Waals surface area (Å²) in [5.41, 5.74) is 1.78. The first-order chi connectivity index (χ1) is 11.6. The van der Waals surface area contributed by atoms with E-state index in [9.17, 15) is 4.79 Å². The van der Waals surface area contributed by atoms with Crippen LogP contribution in [0.5, 0.6) is 11.5 Å².